The molecule has 68 valence electrons. The van der Waals surface area contributed by atoms with Crippen molar-refractivity contribution in [2.24, 2.45) is 11.5 Å². The van der Waals surface area contributed by atoms with Crippen molar-refractivity contribution >= 4 is 35.7 Å². The molecule has 0 spiro atoms. The van der Waals surface area contributed by atoms with Gasteiger partial charge >= 0.3 is 0 Å². The molecule has 0 radical (unpaired) electrons. The second kappa shape index (κ2) is 16.3. The van der Waals surface area contributed by atoms with E-state index in [9.17, 15) is 0 Å². The molecule has 0 fully saturated rings. The van der Waals surface area contributed by atoms with E-state index in [0.29, 0.717) is 0 Å². The Bertz CT molecular complexity index is 89.5. The molecule has 0 saturated carbocycles. The third-order valence-corrected chi connectivity index (χ3v) is 0. The van der Waals surface area contributed by atoms with Gasteiger partial charge in [0.2, 0.25) is 0 Å². The van der Waals surface area contributed by atoms with Crippen LogP contribution in [0.2, 0.25) is 0 Å². The Morgan fingerprint density at radius 1 is 1.27 bits per heavy atom. The van der Waals surface area contributed by atoms with Crippen molar-refractivity contribution in [2.45, 2.75) is 6.92 Å². The van der Waals surface area contributed by atoms with Gasteiger partial charge < -0.3 is 16.6 Å². The smallest absolute Gasteiger partial charge is 0.273 e. The number of carbonyl (C=O) groups is 2. The first-order valence-corrected chi connectivity index (χ1v) is 3.35. The van der Waals surface area contributed by atoms with E-state index >= 15 is 0 Å². The summed E-state index contributed by atoms with van der Waals surface area (Å²) in [5.74, 6) is 0. The summed E-state index contributed by atoms with van der Waals surface area (Å²) in [5, 5.41) is 6.29. The third kappa shape index (κ3) is 3470. The van der Waals surface area contributed by atoms with Crippen LogP contribution < -0.4 is 11.5 Å². The number of amides is 2. The first-order valence-electron chi connectivity index (χ1n) is 2.46. The van der Waals surface area contributed by atoms with Gasteiger partial charge in [-0.15, -0.1) is 0 Å². The van der Waals surface area contributed by atoms with E-state index in [1.54, 1.807) is 6.92 Å². The van der Waals surface area contributed by atoms with Crippen molar-refractivity contribution in [1.82, 2.24) is 0 Å². The Labute approximate surface area is 76.0 Å². The van der Waals surface area contributed by atoms with E-state index < -0.39 is 10.5 Å². The van der Waals surface area contributed by atoms with Gasteiger partial charge in [-0.1, -0.05) is 25.3 Å². The van der Waals surface area contributed by atoms with Crippen molar-refractivity contribution < 1.29 is 14.7 Å². The lowest BCUT2D eigenvalue weighted by Gasteiger charge is -1.59. The topological polar surface area (TPSA) is 106 Å². The molecule has 5 nitrogen and oxygen atoms in total. The Morgan fingerprint density at radius 3 is 1.27 bits per heavy atom. The molecule has 0 aliphatic rings. The lowest BCUT2D eigenvalue weighted by Crippen LogP contribution is -1.95. The fourth-order valence-electron chi connectivity index (χ4n) is 0. The average Bonchev–Trinajstić information content (AvgIpc) is 1.60. The van der Waals surface area contributed by atoms with Gasteiger partial charge in [-0.25, -0.2) is 0 Å². The predicted octanol–water partition coefficient (Wildman–Crippen LogP) is -0.0116. The molecule has 0 rings (SSSR count). The van der Waals surface area contributed by atoms with Crippen molar-refractivity contribution in [3.05, 3.63) is 0 Å². The molecule has 0 aromatic rings. The van der Waals surface area contributed by atoms with E-state index in [1.165, 1.54) is 0 Å². The number of aliphatic hydroxyl groups is 1. The summed E-state index contributed by atoms with van der Waals surface area (Å²) in [4.78, 5) is 18.2. The molecule has 0 aliphatic carbocycles. The number of rotatable bonds is 0. The monoisotopic (exact) mass is 200 g/mol. The van der Waals surface area contributed by atoms with Crippen molar-refractivity contribution in [3.8, 4) is 0 Å². The van der Waals surface area contributed by atoms with Gasteiger partial charge in [-0.2, -0.15) is 0 Å². The first-order chi connectivity index (χ1) is 4.88. The molecular formula is C4H12N2O3S2. The SMILES string of the molecule is CCO.NC(=O)S.NC(=O)S. The normalized spacial score (nSPS) is 6.18. The first kappa shape index (κ1) is 16.9. The maximum absolute atomic E-state index is 9.09. The Kier molecular flexibility index (Phi) is 25.1. The van der Waals surface area contributed by atoms with Gasteiger partial charge in [0.1, 0.15) is 0 Å². The Balaban J connectivity index is -0.0000000886. The standard InChI is InChI=1S/C2H6O.2CH3NOS/c1-2-3;2*2-1(3)4/h3H,2H2,1H3;2*(H3,2,3,4). The van der Waals surface area contributed by atoms with Crippen LogP contribution >= 0.6 is 25.3 Å². The van der Waals surface area contributed by atoms with Crippen LogP contribution in [0, 0.1) is 0 Å². The van der Waals surface area contributed by atoms with Crippen LogP contribution in [-0.2, 0) is 0 Å². The zero-order chi connectivity index (χ0) is 9.86. The maximum Gasteiger partial charge on any atom is 0.273 e. The fraction of sp³-hybridized carbons (Fsp3) is 0.500. The van der Waals surface area contributed by atoms with Gasteiger partial charge in [-0.05, 0) is 6.92 Å². The Hall–Kier alpha value is -0.400. The van der Waals surface area contributed by atoms with Crippen LogP contribution in [-0.4, -0.2) is 22.2 Å². The molecular weight excluding hydrogens is 188 g/mol. The molecule has 0 atom stereocenters. The number of carbonyl (C=O) groups excluding carboxylic acids is 2. The second-order valence-electron chi connectivity index (χ2n) is 0.993. The van der Waals surface area contributed by atoms with E-state index in [-0.39, 0.29) is 6.61 Å². The molecule has 0 aromatic carbocycles. The number of primary amides is 2. The zero-order valence-corrected chi connectivity index (χ0v) is 7.81. The van der Waals surface area contributed by atoms with Gasteiger partial charge in [0, 0.05) is 6.61 Å². The van der Waals surface area contributed by atoms with Crippen LogP contribution in [0.15, 0.2) is 0 Å². The highest BCUT2D eigenvalue weighted by atomic mass is 32.1. The fourth-order valence-corrected chi connectivity index (χ4v) is 0. The van der Waals surface area contributed by atoms with Crippen molar-refractivity contribution in [3.63, 3.8) is 0 Å². The van der Waals surface area contributed by atoms with E-state index in [2.05, 4.69) is 36.7 Å². The van der Waals surface area contributed by atoms with E-state index in [0.717, 1.165) is 0 Å². The summed E-state index contributed by atoms with van der Waals surface area (Å²) in [6.07, 6.45) is 0. The number of thiol groups is 2. The summed E-state index contributed by atoms with van der Waals surface area (Å²) < 4.78 is 0. The lowest BCUT2D eigenvalue weighted by molar-refractivity contribution is 0.266. The predicted molar refractivity (Wildman–Crippen MR) is 49.9 cm³/mol. The minimum atomic E-state index is -0.639. The molecule has 0 aromatic heterocycles. The summed E-state index contributed by atoms with van der Waals surface area (Å²) in [5.41, 5.74) is 8.67. The average molecular weight is 200 g/mol. The number of hydrogen-bond donors (Lipinski definition) is 5. The highest BCUT2D eigenvalue weighted by molar-refractivity contribution is 7.96. The van der Waals surface area contributed by atoms with Crippen LogP contribution in [0.5, 0.6) is 0 Å². The van der Waals surface area contributed by atoms with Gasteiger partial charge in [0.05, 0.1) is 0 Å². The summed E-state index contributed by atoms with van der Waals surface area (Å²) in [6.45, 7) is 1.93. The molecule has 7 heteroatoms. The van der Waals surface area contributed by atoms with Gasteiger partial charge in [-0.3, -0.25) is 9.59 Å². The van der Waals surface area contributed by atoms with Gasteiger partial charge in [0.15, 0.2) is 0 Å². The molecule has 2 amide bonds. The van der Waals surface area contributed by atoms with Crippen molar-refractivity contribution in [1.29, 1.82) is 0 Å². The summed E-state index contributed by atoms with van der Waals surface area (Å²) in [6, 6.07) is 0. The highest BCUT2D eigenvalue weighted by Gasteiger charge is 1.63. The molecule has 5 N–H and O–H groups in total. The quantitative estimate of drug-likeness (QED) is 0.355. The lowest BCUT2D eigenvalue weighted by atomic mass is 10.9. The summed E-state index contributed by atoms with van der Waals surface area (Å²) in [7, 11) is 0. The minimum absolute atomic E-state index is 0.250. The molecule has 0 aliphatic heterocycles. The van der Waals surface area contributed by atoms with Crippen LogP contribution in [0.1, 0.15) is 6.92 Å². The van der Waals surface area contributed by atoms with Gasteiger partial charge in [0.25, 0.3) is 10.5 Å². The van der Waals surface area contributed by atoms with Crippen molar-refractivity contribution in [2.75, 3.05) is 6.61 Å². The highest BCUT2D eigenvalue weighted by Crippen LogP contribution is 1.61. The third-order valence-electron chi connectivity index (χ3n) is 0. The maximum atomic E-state index is 9.09. The van der Waals surface area contributed by atoms with E-state index in [1.807, 2.05) is 0 Å². The van der Waals surface area contributed by atoms with Crippen LogP contribution in [0.25, 0.3) is 0 Å². The largest absolute Gasteiger partial charge is 0.397 e. The number of aliphatic hydroxyl groups excluding tert-OH is 1. The van der Waals surface area contributed by atoms with Crippen LogP contribution in [0.4, 0.5) is 9.59 Å². The molecule has 0 saturated heterocycles. The van der Waals surface area contributed by atoms with E-state index in [4.69, 9.17) is 14.7 Å². The molecule has 0 bridgehead atoms. The second-order valence-corrected chi connectivity index (χ2v) is 1.87. The van der Waals surface area contributed by atoms with Crippen LogP contribution in [0.3, 0.4) is 0 Å². The molecule has 11 heavy (non-hydrogen) atoms. The number of hydrogen-bond acceptors (Lipinski definition) is 3. The molecule has 0 heterocycles. The Morgan fingerprint density at radius 2 is 1.27 bits per heavy atom. The minimum Gasteiger partial charge on any atom is -0.397 e. The molecule has 0 unspecified atom stereocenters. The zero-order valence-electron chi connectivity index (χ0n) is 6.02. The summed E-state index contributed by atoms with van der Waals surface area (Å²) >= 11 is 6.21. The number of nitrogens with two attached hydrogens (primary N) is 2.